The molecule has 20 heavy (non-hydrogen) atoms. The van der Waals surface area contributed by atoms with Crippen molar-refractivity contribution in [3.63, 3.8) is 0 Å². The van der Waals surface area contributed by atoms with Gasteiger partial charge < -0.3 is 5.73 Å². The van der Waals surface area contributed by atoms with E-state index in [0.717, 1.165) is 22.7 Å². The molecule has 1 aromatic heterocycles. The van der Waals surface area contributed by atoms with Gasteiger partial charge in [0.1, 0.15) is 0 Å². The van der Waals surface area contributed by atoms with Gasteiger partial charge in [-0.1, -0.05) is 30.7 Å². The highest BCUT2D eigenvalue weighted by molar-refractivity contribution is 6.30. The van der Waals surface area contributed by atoms with E-state index in [4.69, 9.17) is 22.4 Å². The smallest absolute Gasteiger partial charge is 0.0919 e. The van der Waals surface area contributed by atoms with Crippen molar-refractivity contribution in [1.29, 1.82) is 0 Å². The highest BCUT2D eigenvalue weighted by Crippen LogP contribution is 2.26. The molecule has 0 aliphatic carbocycles. The molecule has 2 aromatic rings. The lowest BCUT2D eigenvalue weighted by molar-refractivity contribution is 0.443. The first kappa shape index (κ1) is 15.1. The lowest BCUT2D eigenvalue weighted by Gasteiger charge is -2.23. The van der Waals surface area contributed by atoms with Crippen LogP contribution in [0.3, 0.4) is 0 Å². The lowest BCUT2D eigenvalue weighted by atomic mass is 10.0. The minimum atomic E-state index is -0.0288. The third kappa shape index (κ3) is 2.74. The Balaban J connectivity index is 2.52. The lowest BCUT2D eigenvalue weighted by Crippen LogP contribution is -2.31. The number of nitrogens with two attached hydrogens (primary N) is 1. The maximum Gasteiger partial charge on any atom is 0.0919 e. The maximum absolute atomic E-state index is 6.21. The Labute approximate surface area is 125 Å². The molecular weight excluding hydrogens is 270 g/mol. The second-order valence-electron chi connectivity index (χ2n) is 5.30. The quantitative estimate of drug-likeness (QED) is 0.934. The van der Waals surface area contributed by atoms with Crippen molar-refractivity contribution < 1.29 is 0 Å². The summed E-state index contributed by atoms with van der Waals surface area (Å²) >= 11 is 5.97. The van der Waals surface area contributed by atoms with E-state index >= 15 is 0 Å². The highest BCUT2D eigenvalue weighted by atomic mass is 35.5. The van der Waals surface area contributed by atoms with Gasteiger partial charge in [0.25, 0.3) is 0 Å². The minimum absolute atomic E-state index is 0.0288. The highest BCUT2D eigenvalue weighted by Gasteiger charge is 2.23. The monoisotopic (exact) mass is 291 g/mol. The molecule has 3 nitrogen and oxygen atoms in total. The molecule has 2 N–H and O–H groups in total. The topological polar surface area (TPSA) is 43.8 Å². The molecule has 2 rings (SSSR count). The van der Waals surface area contributed by atoms with Gasteiger partial charge in [0.2, 0.25) is 0 Å². The largest absolute Gasteiger partial charge is 0.326 e. The van der Waals surface area contributed by atoms with E-state index in [1.807, 2.05) is 31.2 Å². The average molecular weight is 292 g/mol. The molecule has 0 radical (unpaired) electrons. The molecule has 1 heterocycles. The van der Waals surface area contributed by atoms with Crippen molar-refractivity contribution in [2.75, 3.05) is 0 Å². The summed E-state index contributed by atoms with van der Waals surface area (Å²) in [5.74, 6) is 0. The summed E-state index contributed by atoms with van der Waals surface area (Å²) in [5, 5.41) is 5.44. The van der Waals surface area contributed by atoms with Crippen molar-refractivity contribution in [2.24, 2.45) is 5.73 Å². The summed E-state index contributed by atoms with van der Waals surface area (Å²) in [4.78, 5) is 0. The van der Waals surface area contributed by atoms with Crippen molar-refractivity contribution in [2.45, 2.75) is 46.2 Å². The van der Waals surface area contributed by atoms with Gasteiger partial charge in [0.15, 0.2) is 0 Å². The van der Waals surface area contributed by atoms with Gasteiger partial charge >= 0.3 is 0 Å². The molecule has 1 aromatic carbocycles. The van der Waals surface area contributed by atoms with Crippen molar-refractivity contribution in [3.05, 3.63) is 51.8 Å². The number of aryl methyl sites for hydroxylation is 1. The maximum atomic E-state index is 6.21. The number of hydrogen-bond donors (Lipinski definition) is 1. The van der Waals surface area contributed by atoms with Gasteiger partial charge in [-0.15, -0.1) is 0 Å². The van der Waals surface area contributed by atoms with Crippen LogP contribution in [-0.2, 0) is 6.42 Å². The molecule has 0 aliphatic rings. The summed E-state index contributed by atoms with van der Waals surface area (Å²) in [7, 11) is 0. The third-order valence-electron chi connectivity index (χ3n) is 3.80. The standard InChI is InChI=1S/C16H22ClN3/c1-5-15-11(3)19-20(12(15)4)16(10(2)18)13-6-8-14(17)9-7-13/h6-10,16H,5,18H2,1-4H3. The van der Waals surface area contributed by atoms with Crippen LogP contribution in [0.15, 0.2) is 24.3 Å². The number of benzene rings is 1. The molecule has 0 bridgehead atoms. The summed E-state index contributed by atoms with van der Waals surface area (Å²) in [6.45, 7) is 8.35. The second kappa shape index (κ2) is 5.98. The van der Waals surface area contributed by atoms with Crippen LogP contribution in [0, 0.1) is 13.8 Å². The van der Waals surface area contributed by atoms with E-state index in [2.05, 4.69) is 25.5 Å². The van der Waals surface area contributed by atoms with Crippen LogP contribution in [0.5, 0.6) is 0 Å². The van der Waals surface area contributed by atoms with Crippen LogP contribution in [-0.4, -0.2) is 15.8 Å². The zero-order valence-electron chi connectivity index (χ0n) is 12.5. The Hall–Kier alpha value is -1.32. The van der Waals surface area contributed by atoms with E-state index < -0.39 is 0 Å². The normalized spacial score (nSPS) is 14.3. The first-order valence-corrected chi connectivity index (χ1v) is 7.39. The molecule has 2 atom stereocenters. The van der Waals surface area contributed by atoms with E-state index in [-0.39, 0.29) is 12.1 Å². The Morgan fingerprint density at radius 3 is 2.30 bits per heavy atom. The molecule has 0 saturated carbocycles. The summed E-state index contributed by atoms with van der Waals surface area (Å²) in [6, 6.07) is 7.86. The number of hydrogen-bond acceptors (Lipinski definition) is 2. The van der Waals surface area contributed by atoms with Crippen molar-refractivity contribution in [3.8, 4) is 0 Å². The van der Waals surface area contributed by atoms with E-state index in [1.54, 1.807) is 0 Å². The van der Waals surface area contributed by atoms with E-state index in [0.29, 0.717) is 0 Å². The van der Waals surface area contributed by atoms with Crippen molar-refractivity contribution >= 4 is 11.6 Å². The fourth-order valence-electron chi connectivity index (χ4n) is 2.81. The molecule has 0 spiro atoms. The zero-order valence-corrected chi connectivity index (χ0v) is 13.3. The van der Waals surface area contributed by atoms with Crippen molar-refractivity contribution in [1.82, 2.24) is 9.78 Å². The molecule has 0 aliphatic heterocycles. The zero-order chi connectivity index (χ0) is 14.9. The Kier molecular flexibility index (Phi) is 4.51. The molecule has 2 unspecified atom stereocenters. The molecular formula is C16H22ClN3. The molecule has 108 valence electrons. The minimum Gasteiger partial charge on any atom is -0.326 e. The SMILES string of the molecule is CCc1c(C)nn(C(c2ccc(Cl)cc2)C(C)N)c1C. The van der Waals surface area contributed by atoms with Gasteiger partial charge in [0.05, 0.1) is 11.7 Å². The van der Waals surface area contributed by atoms with Crippen LogP contribution in [0.25, 0.3) is 0 Å². The van der Waals surface area contributed by atoms with Gasteiger partial charge in [-0.25, -0.2) is 0 Å². The fraction of sp³-hybridized carbons (Fsp3) is 0.438. The van der Waals surface area contributed by atoms with Gasteiger partial charge in [-0.05, 0) is 50.5 Å². The van der Waals surface area contributed by atoms with E-state index in [1.165, 1.54) is 11.3 Å². The fourth-order valence-corrected chi connectivity index (χ4v) is 2.93. The van der Waals surface area contributed by atoms with E-state index in [9.17, 15) is 0 Å². The van der Waals surface area contributed by atoms with Crippen LogP contribution >= 0.6 is 11.6 Å². The van der Waals surface area contributed by atoms with Gasteiger partial charge in [-0.3, -0.25) is 4.68 Å². The molecule has 4 heteroatoms. The Morgan fingerprint density at radius 1 is 1.25 bits per heavy atom. The van der Waals surface area contributed by atoms with Crippen LogP contribution in [0.1, 0.15) is 42.4 Å². The third-order valence-corrected chi connectivity index (χ3v) is 4.05. The van der Waals surface area contributed by atoms with Crippen LogP contribution in [0.2, 0.25) is 5.02 Å². The predicted molar refractivity (Wildman–Crippen MR) is 84.3 cm³/mol. The summed E-state index contributed by atoms with van der Waals surface area (Å²) in [6.07, 6.45) is 0.990. The van der Waals surface area contributed by atoms with Gasteiger partial charge in [-0.2, -0.15) is 5.10 Å². The number of aromatic nitrogens is 2. The Morgan fingerprint density at radius 2 is 1.85 bits per heavy atom. The molecule has 0 amide bonds. The number of rotatable bonds is 4. The average Bonchev–Trinajstić information content (AvgIpc) is 2.67. The first-order chi connectivity index (χ1) is 9.45. The van der Waals surface area contributed by atoms with Gasteiger partial charge in [0, 0.05) is 16.8 Å². The summed E-state index contributed by atoms with van der Waals surface area (Å²) in [5.41, 5.74) is 10.9. The number of halogens is 1. The molecule has 0 saturated heterocycles. The summed E-state index contributed by atoms with van der Waals surface area (Å²) < 4.78 is 2.06. The second-order valence-corrected chi connectivity index (χ2v) is 5.74. The first-order valence-electron chi connectivity index (χ1n) is 7.01. The predicted octanol–water partition coefficient (Wildman–Crippen LogP) is 3.65. The van der Waals surface area contributed by atoms with Crippen LogP contribution < -0.4 is 5.73 Å². The Bertz CT molecular complexity index is 585. The number of nitrogens with zero attached hydrogens (tertiary/aromatic N) is 2. The van der Waals surface area contributed by atoms with Crippen LogP contribution in [0.4, 0.5) is 0 Å². The molecule has 0 fully saturated rings.